The molecule has 0 spiro atoms. The molecule has 0 aromatic rings. The molecule has 1 rings (SSSR count). The van der Waals surface area contributed by atoms with Gasteiger partial charge in [0.15, 0.2) is 0 Å². The maximum Gasteiger partial charge on any atom is 0.236 e. The number of amides is 1. The molecule has 5 nitrogen and oxygen atoms in total. The van der Waals surface area contributed by atoms with Crippen LogP contribution in [0.1, 0.15) is 39.0 Å². The van der Waals surface area contributed by atoms with Crippen LogP contribution in [0.25, 0.3) is 0 Å². The third-order valence-corrected chi connectivity index (χ3v) is 3.38. The molecule has 0 saturated heterocycles. The van der Waals surface area contributed by atoms with Crippen molar-refractivity contribution in [1.29, 1.82) is 0 Å². The van der Waals surface area contributed by atoms with Gasteiger partial charge < -0.3 is 20.5 Å². The molecule has 2 unspecified atom stereocenters. The first-order chi connectivity index (χ1) is 8.63. The number of carbonyl (C=O) groups is 1. The molecule has 3 N–H and O–H groups in total. The Labute approximate surface area is 109 Å². The van der Waals surface area contributed by atoms with E-state index in [-0.39, 0.29) is 11.9 Å². The van der Waals surface area contributed by atoms with Crippen LogP contribution in [-0.4, -0.2) is 49.5 Å². The molecule has 0 bridgehead atoms. The highest BCUT2D eigenvalue weighted by Gasteiger charge is 2.16. The highest BCUT2D eigenvalue weighted by molar-refractivity contribution is 5.80. The Hall–Kier alpha value is -0.650. The van der Waals surface area contributed by atoms with Gasteiger partial charge in [-0.25, -0.2) is 0 Å². The van der Waals surface area contributed by atoms with Crippen molar-refractivity contribution >= 4 is 5.91 Å². The number of aliphatic hydroxyl groups is 1. The molecule has 1 aliphatic rings. The van der Waals surface area contributed by atoms with Crippen molar-refractivity contribution < 1.29 is 14.6 Å². The topological polar surface area (TPSA) is 70.6 Å². The number of aliphatic hydroxyl groups excluding tert-OH is 1. The van der Waals surface area contributed by atoms with E-state index in [1.165, 1.54) is 19.3 Å². The quantitative estimate of drug-likeness (QED) is 0.619. The summed E-state index contributed by atoms with van der Waals surface area (Å²) in [6, 6.07) is -0.292. The standard InChI is InChI=1S/C13H26N2O3/c1-10(13(17)14-2)15-8-11(16)9-18-12-6-4-3-5-7-12/h10-12,15-16H,3-9H2,1-2H3,(H,14,17). The normalized spacial score (nSPS) is 20.4. The average molecular weight is 258 g/mol. The predicted octanol–water partition coefficient (Wildman–Crippen LogP) is 0.421. The van der Waals surface area contributed by atoms with Crippen molar-refractivity contribution in [2.45, 2.75) is 57.3 Å². The minimum Gasteiger partial charge on any atom is -0.389 e. The van der Waals surface area contributed by atoms with Gasteiger partial charge in [-0.05, 0) is 19.8 Å². The van der Waals surface area contributed by atoms with E-state index in [1.807, 2.05) is 0 Å². The van der Waals surface area contributed by atoms with Crippen LogP contribution in [0.3, 0.4) is 0 Å². The Morgan fingerprint density at radius 1 is 1.39 bits per heavy atom. The van der Waals surface area contributed by atoms with Gasteiger partial charge in [-0.1, -0.05) is 19.3 Å². The van der Waals surface area contributed by atoms with E-state index in [9.17, 15) is 9.90 Å². The fraction of sp³-hybridized carbons (Fsp3) is 0.923. The van der Waals surface area contributed by atoms with Crippen molar-refractivity contribution in [2.24, 2.45) is 0 Å². The third-order valence-electron chi connectivity index (χ3n) is 3.38. The molecule has 1 fully saturated rings. The second-order valence-corrected chi connectivity index (χ2v) is 4.99. The van der Waals surface area contributed by atoms with Crippen molar-refractivity contribution in [3.05, 3.63) is 0 Å². The first-order valence-corrected chi connectivity index (χ1v) is 6.88. The van der Waals surface area contributed by atoms with Crippen LogP contribution in [0.15, 0.2) is 0 Å². The van der Waals surface area contributed by atoms with Crippen LogP contribution < -0.4 is 10.6 Å². The molecular weight excluding hydrogens is 232 g/mol. The maximum atomic E-state index is 11.2. The summed E-state index contributed by atoms with van der Waals surface area (Å²) in [5.41, 5.74) is 0. The minimum atomic E-state index is -0.556. The van der Waals surface area contributed by atoms with E-state index in [1.54, 1.807) is 14.0 Å². The summed E-state index contributed by atoms with van der Waals surface area (Å²) in [7, 11) is 1.60. The van der Waals surface area contributed by atoms with Gasteiger partial charge in [-0.2, -0.15) is 0 Å². The van der Waals surface area contributed by atoms with Crippen molar-refractivity contribution in [3.63, 3.8) is 0 Å². The summed E-state index contributed by atoms with van der Waals surface area (Å²) in [5.74, 6) is -0.0737. The molecule has 0 radical (unpaired) electrons. The summed E-state index contributed by atoms with van der Waals surface area (Å²) in [6.07, 6.45) is 5.72. The maximum absolute atomic E-state index is 11.2. The lowest BCUT2D eigenvalue weighted by Crippen LogP contribution is -2.44. The summed E-state index contributed by atoms with van der Waals surface area (Å²) in [5, 5.41) is 15.3. The van der Waals surface area contributed by atoms with Crippen LogP contribution in [0.5, 0.6) is 0 Å². The molecule has 1 saturated carbocycles. The van der Waals surface area contributed by atoms with Gasteiger partial charge in [-0.15, -0.1) is 0 Å². The molecule has 18 heavy (non-hydrogen) atoms. The highest BCUT2D eigenvalue weighted by Crippen LogP contribution is 2.20. The van der Waals surface area contributed by atoms with Crippen LogP contribution in [0.2, 0.25) is 0 Å². The number of rotatable bonds is 7. The number of carbonyl (C=O) groups excluding carboxylic acids is 1. The fourth-order valence-corrected chi connectivity index (χ4v) is 2.16. The number of ether oxygens (including phenoxy) is 1. The van der Waals surface area contributed by atoms with E-state index in [2.05, 4.69) is 10.6 Å². The van der Waals surface area contributed by atoms with Crippen LogP contribution in [0, 0.1) is 0 Å². The fourth-order valence-electron chi connectivity index (χ4n) is 2.16. The van der Waals surface area contributed by atoms with E-state index < -0.39 is 6.10 Å². The summed E-state index contributed by atoms with van der Waals surface area (Å²) in [4.78, 5) is 11.2. The SMILES string of the molecule is CNC(=O)C(C)NCC(O)COC1CCCCC1. The number of likely N-dealkylation sites (N-methyl/N-ethyl adjacent to an activating group) is 1. The lowest BCUT2D eigenvalue weighted by molar-refractivity contribution is -0.122. The summed E-state index contributed by atoms with van der Waals surface area (Å²) < 4.78 is 5.67. The Kier molecular flexibility index (Phi) is 7.23. The Balaban J connectivity index is 2.09. The number of nitrogens with one attached hydrogen (secondary N) is 2. The molecule has 0 aliphatic heterocycles. The van der Waals surface area contributed by atoms with Gasteiger partial charge in [0.05, 0.1) is 24.9 Å². The first kappa shape index (κ1) is 15.4. The van der Waals surface area contributed by atoms with Crippen molar-refractivity contribution in [1.82, 2.24) is 10.6 Å². The van der Waals surface area contributed by atoms with Crippen molar-refractivity contribution in [2.75, 3.05) is 20.2 Å². The largest absolute Gasteiger partial charge is 0.389 e. The van der Waals surface area contributed by atoms with E-state index in [0.29, 0.717) is 19.3 Å². The van der Waals surface area contributed by atoms with Gasteiger partial charge in [0.25, 0.3) is 0 Å². The zero-order valence-corrected chi connectivity index (χ0v) is 11.4. The average Bonchev–Trinajstić information content (AvgIpc) is 2.42. The second kappa shape index (κ2) is 8.45. The molecule has 0 aromatic carbocycles. The lowest BCUT2D eigenvalue weighted by atomic mass is 9.98. The van der Waals surface area contributed by atoms with Crippen LogP contribution >= 0.6 is 0 Å². The molecular formula is C13H26N2O3. The number of hydrogen-bond donors (Lipinski definition) is 3. The van der Waals surface area contributed by atoms with E-state index in [4.69, 9.17) is 4.74 Å². The molecule has 5 heteroatoms. The van der Waals surface area contributed by atoms with Gasteiger partial charge >= 0.3 is 0 Å². The Morgan fingerprint density at radius 3 is 2.67 bits per heavy atom. The van der Waals surface area contributed by atoms with Gasteiger partial charge in [0, 0.05) is 13.6 Å². The van der Waals surface area contributed by atoms with Crippen molar-refractivity contribution in [3.8, 4) is 0 Å². The van der Waals surface area contributed by atoms with Crippen LogP contribution in [0.4, 0.5) is 0 Å². The van der Waals surface area contributed by atoms with E-state index in [0.717, 1.165) is 12.8 Å². The smallest absolute Gasteiger partial charge is 0.236 e. The molecule has 106 valence electrons. The second-order valence-electron chi connectivity index (χ2n) is 4.99. The third kappa shape index (κ3) is 5.80. The number of hydrogen-bond acceptors (Lipinski definition) is 4. The van der Waals surface area contributed by atoms with Gasteiger partial charge in [0.1, 0.15) is 0 Å². The first-order valence-electron chi connectivity index (χ1n) is 6.88. The van der Waals surface area contributed by atoms with Gasteiger partial charge in [-0.3, -0.25) is 4.79 Å². The summed E-state index contributed by atoms with van der Waals surface area (Å²) >= 11 is 0. The van der Waals surface area contributed by atoms with E-state index >= 15 is 0 Å². The highest BCUT2D eigenvalue weighted by atomic mass is 16.5. The molecule has 2 atom stereocenters. The summed E-state index contributed by atoms with van der Waals surface area (Å²) in [6.45, 7) is 2.49. The molecule has 0 heterocycles. The Bertz CT molecular complexity index is 242. The zero-order chi connectivity index (χ0) is 13.4. The zero-order valence-electron chi connectivity index (χ0n) is 11.4. The molecule has 0 aromatic heterocycles. The van der Waals surface area contributed by atoms with Crippen LogP contribution in [-0.2, 0) is 9.53 Å². The Morgan fingerprint density at radius 2 is 2.06 bits per heavy atom. The lowest BCUT2D eigenvalue weighted by Gasteiger charge is -2.24. The predicted molar refractivity (Wildman–Crippen MR) is 70.4 cm³/mol. The molecule has 1 aliphatic carbocycles. The molecule has 1 amide bonds. The monoisotopic (exact) mass is 258 g/mol. The minimum absolute atomic E-state index is 0.0737. The van der Waals surface area contributed by atoms with Gasteiger partial charge in [0.2, 0.25) is 5.91 Å².